The summed E-state index contributed by atoms with van der Waals surface area (Å²) in [6.45, 7) is 0. The molecule has 0 aliphatic rings. The zero-order chi connectivity index (χ0) is 37.3. The molecule has 7 aromatic rings. The van der Waals surface area contributed by atoms with Gasteiger partial charge in [0.05, 0.1) is 12.7 Å². The lowest BCUT2D eigenvalue weighted by atomic mass is 9.82. The summed E-state index contributed by atoms with van der Waals surface area (Å²) in [5.41, 5.74) is 1.15. The van der Waals surface area contributed by atoms with Crippen LogP contribution in [0.5, 0.6) is 69.0 Å². The van der Waals surface area contributed by atoms with Crippen molar-refractivity contribution in [3.8, 4) is 114 Å². The minimum absolute atomic E-state index is 0.0208. The van der Waals surface area contributed by atoms with Crippen LogP contribution >= 0.6 is 0 Å². The largest absolute Gasteiger partial charge is 0.508 e. The van der Waals surface area contributed by atoms with Gasteiger partial charge in [-0.15, -0.1) is 0 Å². The zero-order valence-electron chi connectivity index (χ0n) is 27.3. The van der Waals surface area contributed by atoms with E-state index in [1.165, 1.54) is 15.0 Å². The fourth-order valence-corrected chi connectivity index (χ4v) is 6.82. The van der Waals surface area contributed by atoms with Crippen LogP contribution in [0.4, 0.5) is 0 Å². The molecule has 0 fully saturated rings. The van der Waals surface area contributed by atoms with E-state index >= 15 is 0 Å². The molecule has 0 amide bonds. The lowest BCUT2D eigenvalue weighted by Gasteiger charge is -2.23. The summed E-state index contributed by atoms with van der Waals surface area (Å²) < 4.78 is 5.47. The van der Waals surface area contributed by atoms with Crippen LogP contribution in [0.1, 0.15) is 0 Å². The summed E-state index contributed by atoms with van der Waals surface area (Å²) in [5.74, 6) is -9.46. The fraction of sp³-hybridized carbons (Fsp3) is 0.0256. The molecule has 7 rings (SSSR count). The Kier molecular flexibility index (Phi) is 7.64. The maximum atomic E-state index is 11.6. The van der Waals surface area contributed by atoms with Crippen molar-refractivity contribution in [3.63, 3.8) is 0 Å². The molecule has 0 radical (unpaired) electrons. The third-order valence-electron chi connectivity index (χ3n) is 9.35. The molecular weight excluding hydrogens is 671 g/mol. The standard InChI is InChI=1S/C39H29BO12/c1-52-39-26(21-14-22(41)30(43)35(48)29(21)42)27(33(46)37(50)38(39)51)25-19-8-4-2-6-17(19)23(18-7-3-5-9-20(18)25)15-10-12-16(13-11-15)24-31(44)28(40)34(47)36(49)32(24)45/h2-14,41-51H,40H2,1H3. The van der Waals surface area contributed by atoms with Gasteiger partial charge in [0.15, 0.2) is 34.5 Å². The summed E-state index contributed by atoms with van der Waals surface area (Å²) in [6, 6.07) is 21.8. The molecule has 0 unspecified atom stereocenters. The molecule has 11 N–H and O–H groups in total. The molecule has 52 heavy (non-hydrogen) atoms. The van der Waals surface area contributed by atoms with Crippen LogP contribution in [-0.2, 0) is 0 Å². The fourth-order valence-electron chi connectivity index (χ4n) is 6.82. The zero-order valence-corrected chi connectivity index (χ0v) is 27.3. The number of aromatic hydroxyl groups is 11. The van der Waals surface area contributed by atoms with Crippen LogP contribution in [0.3, 0.4) is 0 Å². The molecule has 0 aromatic heterocycles. The molecule has 0 aliphatic heterocycles. The SMILES string of the molecule is Bc1c(O)c(O)c(O)c(-c2ccc(-c3c4ccccc4c(-c4c(O)c(O)c(O)c(OC)c4-c4cc(O)c(O)c(O)c4O)c4ccccc34)cc2)c1O. The van der Waals surface area contributed by atoms with Gasteiger partial charge in [-0.1, -0.05) is 72.8 Å². The van der Waals surface area contributed by atoms with E-state index in [0.29, 0.717) is 43.8 Å². The number of methoxy groups -OCH3 is 1. The van der Waals surface area contributed by atoms with Crippen molar-refractivity contribution in [3.05, 3.63) is 78.9 Å². The second-order valence-corrected chi connectivity index (χ2v) is 12.1. The molecule has 0 spiro atoms. The lowest BCUT2D eigenvalue weighted by Crippen LogP contribution is -2.05. The number of phenols is 11. The highest BCUT2D eigenvalue weighted by Crippen LogP contribution is 2.61. The van der Waals surface area contributed by atoms with Gasteiger partial charge < -0.3 is 60.9 Å². The Bertz CT molecular complexity index is 2550. The highest BCUT2D eigenvalue weighted by atomic mass is 16.5. The molecule has 0 atom stereocenters. The summed E-state index contributed by atoms with van der Waals surface area (Å²) in [4.78, 5) is 0. The Morgan fingerprint density at radius 2 is 0.846 bits per heavy atom. The number of fused-ring (bicyclic) bond motifs is 2. The van der Waals surface area contributed by atoms with Crippen LogP contribution in [0.25, 0.3) is 66.1 Å². The second kappa shape index (κ2) is 12.0. The van der Waals surface area contributed by atoms with Gasteiger partial charge in [0.2, 0.25) is 28.7 Å². The predicted octanol–water partition coefficient (Wildman–Crippen LogP) is 5.69. The van der Waals surface area contributed by atoms with Gasteiger partial charge in [0.25, 0.3) is 0 Å². The molecule has 0 aliphatic carbocycles. The molecule has 0 saturated carbocycles. The van der Waals surface area contributed by atoms with Crippen molar-refractivity contribution >= 4 is 34.9 Å². The third kappa shape index (κ3) is 4.63. The van der Waals surface area contributed by atoms with E-state index in [4.69, 9.17) is 4.74 Å². The minimum atomic E-state index is -1.08. The Labute approximate surface area is 294 Å². The number of ether oxygens (including phenoxy) is 1. The van der Waals surface area contributed by atoms with Gasteiger partial charge in [-0.25, -0.2) is 0 Å². The topological polar surface area (TPSA) is 232 Å². The molecule has 13 heteroatoms. The van der Waals surface area contributed by atoms with Crippen LogP contribution in [-0.4, -0.2) is 71.1 Å². The highest BCUT2D eigenvalue weighted by Gasteiger charge is 2.32. The van der Waals surface area contributed by atoms with Crippen molar-refractivity contribution in [1.82, 2.24) is 0 Å². The summed E-state index contributed by atoms with van der Waals surface area (Å²) in [7, 11) is 2.56. The van der Waals surface area contributed by atoms with Crippen LogP contribution in [0.2, 0.25) is 0 Å². The van der Waals surface area contributed by atoms with Gasteiger partial charge in [-0.3, -0.25) is 0 Å². The molecule has 7 aromatic carbocycles. The molecule has 260 valence electrons. The maximum Gasteiger partial charge on any atom is 0.205 e. The monoisotopic (exact) mass is 700 g/mol. The molecule has 0 heterocycles. The van der Waals surface area contributed by atoms with Gasteiger partial charge >= 0.3 is 0 Å². The summed E-state index contributed by atoms with van der Waals surface area (Å²) in [5, 5.41) is 120. The van der Waals surface area contributed by atoms with E-state index < -0.39 is 69.0 Å². The number of benzene rings is 7. The summed E-state index contributed by atoms with van der Waals surface area (Å²) >= 11 is 0. The number of hydrogen-bond acceptors (Lipinski definition) is 12. The van der Waals surface area contributed by atoms with Crippen LogP contribution in [0, 0.1) is 0 Å². The Hall–Kier alpha value is -7.28. The van der Waals surface area contributed by atoms with E-state index in [-0.39, 0.29) is 27.7 Å². The third-order valence-corrected chi connectivity index (χ3v) is 9.35. The average Bonchev–Trinajstić information content (AvgIpc) is 3.15. The molecular formula is C39H29BO12. The lowest BCUT2D eigenvalue weighted by molar-refractivity contribution is 0.336. The van der Waals surface area contributed by atoms with E-state index in [1.807, 2.05) is 12.1 Å². The highest BCUT2D eigenvalue weighted by molar-refractivity contribution is 6.37. The number of rotatable bonds is 5. The van der Waals surface area contributed by atoms with E-state index in [0.717, 1.165) is 6.07 Å². The van der Waals surface area contributed by atoms with Crippen molar-refractivity contribution in [1.29, 1.82) is 0 Å². The first-order chi connectivity index (χ1) is 24.8. The first kappa shape index (κ1) is 33.2. The normalized spacial score (nSPS) is 11.3. The van der Waals surface area contributed by atoms with E-state index in [1.54, 1.807) is 60.7 Å². The van der Waals surface area contributed by atoms with Gasteiger partial charge in [0.1, 0.15) is 13.6 Å². The Balaban J connectivity index is 1.58. The average molecular weight is 700 g/mol. The molecule has 0 saturated heterocycles. The first-order valence-corrected chi connectivity index (χ1v) is 15.6. The minimum Gasteiger partial charge on any atom is -0.508 e. The van der Waals surface area contributed by atoms with Crippen molar-refractivity contribution in [2.75, 3.05) is 7.11 Å². The first-order valence-electron chi connectivity index (χ1n) is 15.6. The number of hydrogen-bond donors (Lipinski definition) is 11. The van der Waals surface area contributed by atoms with Crippen molar-refractivity contribution in [2.24, 2.45) is 0 Å². The molecule has 0 bridgehead atoms. The number of phenolic OH excluding ortho intramolecular Hbond substituents is 11. The van der Waals surface area contributed by atoms with Gasteiger partial charge in [-0.05, 0) is 49.8 Å². The van der Waals surface area contributed by atoms with Crippen LogP contribution < -0.4 is 10.2 Å². The van der Waals surface area contributed by atoms with Gasteiger partial charge in [-0.2, -0.15) is 0 Å². The molecule has 12 nitrogen and oxygen atoms in total. The predicted molar refractivity (Wildman–Crippen MR) is 196 cm³/mol. The smallest absolute Gasteiger partial charge is 0.205 e. The van der Waals surface area contributed by atoms with E-state index in [2.05, 4.69) is 0 Å². The second-order valence-electron chi connectivity index (χ2n) is 12.1. The quantitative estimate of drug-likeness (QED) is 0.0450. The van der Waals surface area contributed by atoms with Crippen LogP contribution in [0.15, 0.2) is 78.9 Å². The Morgan fingerprint density at radius 3 is 1.37 bits per heavy atom. The van der Waals surface area contributed by atoms with Crippen molar-refractivity contribution in [2.45, 2.75) is 0 Å². The summed E-state index contributed by atoms with van der Waals surface area (Å²) in [6.07, 6.45) is 0. The Morgan fingerprint density at radius 1 is 0.404 bits per heavy atom. The van der Waals surface area contributed by atoms with Crippen molar-refractivity contribution < 1.29 is 60.9 Å². The van der Waals surface area contributed by atoms with E-state index in [9.17, 15) is 56.2 Å². The maximum absolute atomic E-state index is 11.6. The van der Waals surface area contributed by atoms with Gasteiger partial charge in [0, 0.05) is 22.3 Å².